The van der Waals surface area contributed by atoms with Gasteiger partial charge in [-0.25, -0.2) is 13.1 Å². The third-order valence-electron chi connectivity index (χ3n) is 3.33. The van der Waals surface area contributed by atoms with Gasteiger partial charge in [-0.3, -0.25) is 4.79 Å². The first-order valence-electron chi connectivity index (χ1n) is 7.74. The Labute approximate surface area is 157 Å². The summed E-state index contributed by atoms with van der Waals surface area (Å²) in [6.07, 6.45) is 3.05. The first-order chi connectivity index (χ1) is 12.4. The molecular weight excluding hydrogens is 376 g/mol. The average molecular weight is 395 g/mol. The molecule has 6 nitrogen and oxygen atoms in total. The molecule has 0 aliphatic rings. The predicted molar refractivity (Wildman–Crippen MR) is 103 cm³/mol. The molecule has 26 heavy (non-hydrogen) atoms. The number of methoxy groups -OCH3 is 1. The Balaban J connectivity index is 1.95. The van der Waals surface area contributed by atoms with Gasteiger partial charge < -0.3 is 10.1 Å². The number of amides is 1. The predicted octanol–water partition coefficient (Wildman–Crippen LogP) is 2.92. The fourth-order valence-corrected chi connectivity index (χ4v) is 3.15. The Hall–Kier alpha value is -2.19. The zero-order valence-electron chi connectivity index (χ0n) is 14.1. The molecule has 138 valence electrons. The summed E-state index contributed by atoms with van der Waals surface area (Å²) in [5.41, 5.74) is 1.33. The lowest BCUT2D eigenvalue weighted by molar-refractivity contribution is -0.111. The molecule has 0 fully saturated rings. The molecule has 1 amide bonds. The second kappa shape index (κ2) is 9.49. The van der Waals surface area contributed by atoms with Gasteiger partial charge in [-0.2, -0.15) is 0 Å². The number of nitrogens with one attached hydrogen (secondary N) is 2. The quantitative estimate of drug-likeness (QED) is 0.532. The maximum absolute atomic E-state index is 12.0. The molecule has 8 heteroatoms. The zero-order chi connectivity index (χ0) is 19.0. The molecule has 2 N–H and O–H groups in total. The van der Waals surface area contributed by atoms with Crippen LogP contribution in [0.3, 0.4) is 0 Å². The van der Waals surface area contributed by atoms with E-state index in [1.54, 1.807) is 30.3 Å². The van der Waals surface area contributed by atoms with Gasteiger partial charge in [-0.15, -0.1) is 0 Å². The highest BCUT2D eigenvalue weighted by atomic mass is 35.5. The van der Waals surface area contributed by atoms with Gasteiger partial charge in [0.1, 0.15) is 0 Å². The first kappa shape index (κ1) is 20.1. The maximum Gasteiger partial charge on any atom is 0.248 e. The van der Waals surface area contributed by atoms with Gasteiger partial charge in [-0.05, 0) is 48.0 Å². The second-order valence-corrected chi connectivity index (χ2v) is 7.49. The molecule has 0 aromatic heterocycles. The number of ether oxygens (including phenoxy) is 1. The Kier molecular flexibility index (Phi) is 7.35. The average Bonchev–Trinajstić information content (AvgIpc) is 2.62. The zero-order valence-corrected chi connectivity index (χ0v) is 15.7. The number of carbonyl (C=O) groups is 1. The minimum atomic E-state index is -3.60. The monoisotopic (exact) mass is 394 g/mol. The fraction of sp³-hybridized carbons (Fsp3) is 0.167. The van der Waals surface area contributed by atoms with Crippen molar-refractivity contribution in [2.45, 2.75) is 4.90 Å². The normalized spacial score (nSPS) is 11.6. The van der Waals surface area contributed by atoms with Crippen LogP contribution in [-0.4, -0.2) is 34.6 Å². The van der Waals surface area contributed by atoms with Crippen molar-refractivity contribution < 1.29 is 17.9 Å². The Morgan fingerprint density at radius 2 is 1.77 bits per heavy atom. The Bertz CT molecular complexity index is 863. The number of hydrogen-bond acceptors (Lipinski definition) is 4. The molecule has 0 bridgehead atoms. The van der Waals surface area contributed by atoms with Gasteiger partial charge in [0, 0.05) is 30.4 Å². The van der Waals surface area contributed by atoms with E-state index in [4.69, 9.17) is 16.3 Å². The number of sulfonamides is 1. The van der Waals surface area contributed by atoms with Crippen LogP contribution in [0, 0.1) is 0 Å². The lowest BCUT2D eigenvalue weighted by atomic mass is 10.2. The Morgan fingerprint density at radius 1 is 1.12 bits per heavy atom. The third-order valence-corrected chi connectivity index (χ3v) is 5.06. The van der Waals surface area contributed by atoms with Gasteiger partial charge in [-0.1, -0.05) is 23.7 Å². The smallest absolute Gasteiger partial charge is 0.248 e. The van der Waals surface area contributed by atoms with Crippen molar-refractivity contribution in [1.82, 2.24) is 4.72 Å². The van der Waals surface area contributed by atoms with Crippen LogP contribution in [0.25, 0.3) is 6.08 Å². The summed E-state index contributed by atoms with van der Waals surface area (Å²) in [6, 6.07) is 13.0. The lowest BCUT2D eigenvalue weighted by Crippen LogP contribution is -2.27. The van der Waals surface area contributed by atoms with Crippen molar-refractivity contribution in [3.63, 3.8) is 0 Å². The third kappa shape index (κ3) is 6.27. The van der Waals surface area contributed by atoms with Crippen LogP contribution in [0.1, 0.15) is 5.56 Å². The Morgan fingerprint density at radius 3 is 2.38 bits per heavy atom. The van der Waals surface area contributed by atoms with Crippen molar-refractivity contribution in [3.8, 4) is 0 Å². The summed E-state index contributed by atoms with van der Waals surface area (Å²) in [5.74, 6) is -0.325. The van der Waals surface area contributed by atoms with E-state index in [-0.39, 0.29) is 24.0 Å². The molecule has 2 rings (SSSR count). The number of hydrogen-bond donors (Lipinski definition) is 2. The highest BCUT2D eigenvalue weighted by Gasteiger charge is 2.13. The van der Waals surface area contributed by atoms with Gasteiger partial charge >= 0.3 is 0 Å². The van der Waals surface area contributed by atoms with Gasteiger partial charge in [0.25, 0.3) is 0 Å². The molecule has 0 saturated heterocycles. The van der Waals surface area contributed by atoms with Gasteiger partial charge in [0.2, 0.25) is 15.9 Å². The van der Waals surface area contributed by atoms with Crippen LogP contribution in [0.15, 0.2) is 59.5 Å². The number of rotatable bonds is 8. The molecule has 2 aromatic carbocycles. The highest BCUT2D eigenvalue weighted by molar-refractivity contribution is 7.89. The van der Waals surface area contributed by atoms with Crippen LogP contribution in [0.4, 0.5) is 5.69 Å². The van der Waals surface area contributed by atoms with Crippen LogP contribution in [0.2, 0.25) is 5.02 Å². The van der Waals surface area contributed by atoms with E-state index in [0.29, 0.717) is 10.7 Å². The minimum Gasteiger partial charge on any atom is -0.383 e. The summed E-state index contributed by atoms with van der Waals surface area (Å²) in [6.45, 7) is 0.472. The number of benzene rings is 2. The number of carbonyl (C=O) groups excluding carboxylic acids is 1. The largest absolute Gasteiger partial charge is 0.383 e. The van der Waals surface area contributed by atoms with E-state index in [2.05, 4.69) is 10.0 Å². The summed E-state index contributed by atoms with van der Waals surface area (Å²) >= 11 is 5.81. The summed E-state index contributed by atoms with van der Waals surface area (Å²) in [7, 11) is -2.10. The van der Waals surface area contributed by atoms with Crippen LogP contribution < -0.4 is 10.0 Å². The molecule has 0 unspecified atom stereocenters. The lowest BCUT2D eigenvalue weighted by Gasteiger charge is -2.07. The molecule has 0 saturated carbocycles. The second-order valence-electron chi connectivity index (χ2n) is 5.29. The van der Waals surface area contributed by atoms with E-state index >= 15 is 0 Å². The van der Waals surface area contributed by atoms with Gasteiger partial charge in [0.15, 0.2) is 0 Å². The number of halogens is 1. The first-order valence-corrected chi connectivity index (χ1v) is 9.60. The standard InChI is InChI=1S/C18H19ClN2O4S/c1-25-13-12-20-26(23,24)17-9-7-16(8-10-17)21-18(22)11-4-14-2-5-15(19)6-3-14/h2-11,20H,12-13H2,1H3,(H,21,22)/b11-4+. The van der Waals surface area contributed by atoms with E-state index < -0.39 is 10.0 Å². The van der Waals surface area contributed by atoms with E-state index in [9.17, 15) is 13.2 Å². The van der Waals surface area contributed by atoms with E-state index in [1.807, 2.05) is 0 Å². The molecule has 0 atom stereocenters. The van der Waals surface area contributed by atoms with Crippen molar-refractivity contribution in [3.05, 3.63) is 65.2 Å². The highest BCUT2D eigenvalue weighted by Crippen LogP contribution is 2.14. The summed E-state index contributed by atoms with van der Waals surface area (Å²) in [5, 5.41) is 3.29. The van der Waals surface area contributed by atoms with Crippen LogP contribution in [-0.2, 0) is 19.6 Å². The fourth-order valence-electron chi connectivity index (χ4n) is 2.01. The SMILES string of the molecule is COCCNS(=O)(=O)c1ccc(NC(=O)/C=C/c2ccc(Cl)cc2)cc1. The van der Waals surface area contributed by atoms with Crippen molar-refractivity contribution in [2.24, 2.45) is 0 Å². The summed E-state index contributed by atoms with van der Waals surface area (Å²) in [4.78, 5) is 12.1. The molecule has 0 aliphatic heterocycles. The number of anilines is 1. The van der Waals surface area contributed by atoms with Crippen molar-refractivity contribution >= 4 is 39.3 Å². The molecule has 2 aromatic rings. The molecule has 0 radical (unpaired) electrons. The molecule has 0 spiro atoms. The topological polar surface area (TPSA) is 84.5 Å². The van der Waals surface area contributed by atoms with Crippen LogP contribution >= 0.6 is 11.6 Å². The maximum atomic E-state index is 12.0. The van der Waals surface area contributed by atoms with Gasteiger partial charge in [0.05, 0.1) is 11.5 Å². The van der Waals surface area contributed by atoms with Crippen LogP contribution in [0.5, 0.6) is 0 Å². The summed E-state index contributed by atoms with van der Waals surface area (Å²) < 4.78 is 31.3. The molecular formula is C18H19ClN2O4S. The molecule has 0 aliphatic carbocycles. The van der Waals surface area contributed by atoms with Crippen molar-refractivity contribution in [2.75, 3.05) is 25.6 Å². The van der Waals surface area contributed by atoms with E-state index in [1.165, 1.54) is 37.5 Å². The van der Waals surface area contributed by atoms with E-state index in [0.717, 1.165) is 5.56 Å². The minimum absolute atomic E-state index is 0.114. The molecule has 0 heterocycles. The van der Waals surface area contributed by atoms with Crippen molar-refractivity contribution in [1.29, 1.82) is 0 Å².